The van der Waals surface area contributed by atoms with Gasteiger partial charge < -0.3 is 5.32 Å². The number of aryl methyl sites for hydroxylation is 1. The Morgan fingerprint density at radius 3 is 2.36 bits per heavy atom. The first-order valence-electron chi connectivity index (χ1n) is 9.54. The SMILES string of the molecule is CCc1cc(=O)n(CC(=O)Nc2ccc(C(C)C)cc2)c(-c2ccccc2)n1. The molecule has 0 aliphatic carbocycles. The molecule has 1 N–H and O–H groups in total. The van der Waals surface area contributed by atoms with Gasteiger partial charge in [0, 0.05) is 23.0 Å². The van der Waals surface area contributed by atoms with Crippen molar-refractivity contribution in [1.82, 2.24) is 9.55 Å². The highest BCUT2D eigenvalue weighted by Gasteiger charge is 2.14. The predicted molar refractivity (Wildman–Crippen MR) is 112 cm³/mol. The van der Waals surface area contributed by atoms with Crippen molar-refractivity contribution in [2.24, 2.45) is 0 Å². The van der Waals surface area contributed by atoms with Crippen LogP contribution in [0.1, 0.15) is 37.9 Å². The second kappa shape index (κ2) is 8.65. The molecule has 3 aromatic rings. The first kappa shape index (κ1) is 19.5. The van der Waals surface area contributed by atoms with E-state index < -0.39 is 0 Å². The average molecular weight is 375 g/mol. The number of carbonyl (C=O) groups is 1. The summed E-state index contributed by atoms with van der Waals surface area (Å²) in [5.41, 5.74) is 3.21. The fourth-order valence-electron chi connectivity index (χ4n) is 2.99. The van der Waals surface area contributed by atoms with Crippen LogP contribution in [0.5, 0.6) is 0 Å². The van der Waals surface area contributed by atoms with Crippen molar-refractivity contribution in [2.45, 2.75) is 39.7 Å². The van der Waals surface area contributed by atoms with E-state index in [-0.39, 0.29) is 18.0 Å². The van der Waals surface area contributed by atoms with Crippen LogP contribution in [0.25, 0.3) is 11.4 Å². The van der Waals surface area contributed by atoms with Crippen LogP contribution in [0, 0.1) is 0 Å². The molecule has 1 aromatic heterocycles. The van der Waals surface area contributed by atoms with Crippen molar-refractivity contribution < 1.29 is 4.79 Å². The number of anilines is 1. The Hall–Kier alpha value is -3.21. The van der Waals surface area contributed by atoms with Gasteiger partial charge in [-0.2, -0.15) is 0 Å². The molecular weight excluding hydrogens is 350 g/mol. The lowest BCUT2D eigenvalue weighted by molar-refractivity contribution is -0.116. The van der Waals surface area contributed by atoms with Gasteiger partial charge in [0.15, 0.2) is 0 Å². The minimum absolute atomic E-state index is 0.0913. The third-order valence-corrected chi connectivity index (χ3v) is 4.62. The van der Waals surface area contributed by atoms with Crippen molar-refractivity contribution in [1.29, 1.82) is 0 Å². The Morgan fingerprint density at radius 1 is 1.07 bits per heavy atom. The molecule has 0 bridgehead atoms. The summed E-state index contributed by atoms with van der Waals surface area (Å²) in [5.74, 6) is 0.679. The van der Waals surface area contributed by atoms with Gasteiger partial charge in [0.05, 0.1) is 0 Å². The maximum atomic E-state index is 12.6. The molecule has 3 rings (SSSR count). The molecule has 0 saturated carbocycles. The quantitative estimate of drug-likeness (QED) is 0.701. The minimum Gasteiger partial charge on any atom is -0.325 e. The zero-order valence-electron chi connectivity index (χ0n) is 16.5. The molecule has 5 nitrogen and oxygen atoms in total. The fourth-order valence-corrected chi connectivity index (χ4v) is 2.99. The molecule has 0 unspecified atom stereocenters. The molecular formula is C23H25N3O2. The maximum absolute atomic E-state index is 12.6. The van der Waals surface area contributed by atoms with Crippen LogP contribution in [0.2, 0.25) is 0 Å². The normalized spacial score (nSPS) is 10.9. The molecule has 5 heteroatoms. The van der Waals surface area contributed by atoms with Gasteiger partial charge in [0.1, 0.15) is 12.4 Å². The lowest BCUT2D eigenvalue weighted by Gasteiger charge is -2.14. The summed E-state index contributed by atoms with van der Waals surface area (Å²) in [6.45, 7) is 6.11. The highest BCUT2D eigenvalue weighted by atomic mass is 16.2. The first-order chi connectivity index (χ1) is 13.5. The van der Waals surface area contributed by atoms with Gasteiger partial charge in [-0.1, -0.05) is 63.2 Å². The number of benzene rings is 2. The Morgan fingerprint density at radius 2 is 1.75 bits per heavy atom. The Kier molecular flexibility index (Phi) is 6.04. The van der Waals surface area contributed by atoms with Crippen molar-refractivity contribution in [3.05, 3.63) is 82.3 Å². The molecule has 0 aliphatic heterocycles. The summed E-state index contributed by atoms with van der Waals surface area (Å²) in [7, 11) is 0. The molecule has 2 aromatic carbocycles. The molecule has 144 valence electrons. The van der Waals surface area contributed by atoms with Crippen LogP contribution >= 0.6 is 0 Å². The summed E-state index contributed by atoms with van der Waals surface area (Å²) in [5, 5.41) is 2.86. The summed E-state index contributed by atoms with van der Waals surface area (Å²) in [6, 6.07) is 18.7. The minimum atomic E-state index is -0.261. The van der Waals surface area contributed by atoms with Crippen LogP contribution in [-0.4, -0.2) is 15.5 Å². The first-order valence-corrected chi connectivity index (χ1v) is 9.54. The van der Waals surface area contributed by atoms with E-state index in [9.17, 15) is 9.59 Å². The molecule has 0 atom stereocenters. The third kappa shape index (κ3) is 4.55. The molecule has 28 heavy (non-hydrogen) atoms. The number of aromatic nitrogens is 2. The third-order valence-electron chi connectivity index (χ3n) is 4.62. The summed E-state index contributed by atoms with van der Waals surface area (Å²) in [6.07, 6.45) is 0.657. The van der Waals surface area contributed by atoms with Gasteiger partial charge in [0.25, 0.3) is 5.56 Å². The Labute approximate surface area is 165 Å². The summed E-state index contributed by atoms with van der Waals surface area (Å²) < 4.78 is 1.42. The van der Waals surface area contributed by atoms with Crippen molar-refractivity contribution >= 4 is 11.6 Å². The number of nitrogens with zero attached hydrogens (tertiary/aromatic N) is 2. The lowest BCUT2D eigenvalue weighted by atomic mass is 10.0. The average Bonchev–Trinajstić information content (AvgIpc) is 2.70. The smallest absolute Gasteiger partial charge is 0.254 e. The maximum Gasteiger partial charge on any atom is 0.254 e. The van der Waals surface area contributed by atoms with Gasteiger partial charge >= 0.3 is 0 Å². The largest absolute Gasteiger partial charge is 0.325 e. The second-order valence-corrected chi connectivity index (χ2v) is 7.04. The van der Waals surface area contributed by atoms with Crippen LogP contribution in [0.3, 0.4) is 0 Å². The van der Waals surface area contributed by atoms with E-state index in [2.05, 4.69) is 24.1 Å². The van der Waals surface area contributed by atoms with E-state index >= 15 is 0 Å². The molecule has 1 heterocycles. The van der Waals surface area contributed by atoms with Gasteiger partial charge in [-0.15, -0.1) is 0 Å². The van der Waals surface area contributed by atoms with Crippen molar-refractivity contribution in [3.8, 4) is 11.4 Å². The molecule has 0 radical (unpaired) electrons. The summed E-state index contributed by atoms with van der Waals surface area (Å²) >= 11 is 0. The molecule has 1 amide bonds. The number of hydrogen-bond donors (Lipinski definition) is 1. The highest BCUT2D eigenvalue weighted by Crippen LogP contribution is 2.18. The van der Waals surface area contributed by atoms with Crippen LogP contribution in [0.4, 0.5) is 5.69 Å². The second-order valence-electron chi connectivity index (χ2n) is 7.04. The monoisotopic (exact) mass is 375 g/mol. The predicted octanol–water partition coefficient (Wildman–Crippen LogP) is 4.23. The Bertz CT molecular complexity index is 1010. The van der Waals surface area contributed by atoms with Gasteiger partial charge in [-0.25, -0.2) is 4.98 Å². The number of hydrogen-bond acceptors (Lipinski definition) is 3. The van der Waals surface area contributed by atoms with E-state index in [1.807, 2.05) is 61.5 Å². The summed E-state index contributed by atoms with van der Waals surface area (Å²) in [4.78, 5) is 29.8. The van der Waals surface area contributed by atoms with Crippen LogP contribution in [0.15, 0.2) is 65.5 Å². The van der Waals surface area contributed by atoms with Gasteiger partial charge in [-0.3, -0.25) is 14.2 Å². The number of nitrogens with one attached hydrogen (secondary N) is 1. The standard InChI is InChI=1S/C23H25N3O2/c1-4-19-14-22(28)26(23(25-19)18-8-6-5-7-9-18)15-21(27)24-20-12-10-17(11-13-20)16(2)3/h5-14,16H,4,15H2,1-3H3,(H,24,27). The number of amides is 1. The van der Waals surface area contributed by atoms with Crippen molar-refractivity contribution in [3.63, 3.8) is 0 Å². The van der Waals surface area contributed by atoms with Gasteiger partial charge in [-0.05, 0) is 30.0 Å². The topological polar surface area (TPSA) is 64.0 Å². The number of rotatable bonds is 6. The molecule has 0 fully saturated rings. The Balaban J connectivity index is 1.87. The zero-order valence-corrected chi connectivity index (χ0v) is 16.5. The van der Waals surface area contributed by atoms with E-state index in [0.29, 0.717) is 29.5 Å². The zero-order chi connectivity index (χ0) is 20.1. The number of carbonyl (C=O) groups excluding carboxylic acids is 1. The highest BCUT2D eigenvalue weighted by molar-refractivity contribution is 5.90. The van der Waals surface area contributed by atoms with E-state index in [4.69, 9.17) is 0 Å². The van der Waals surface area contributed by atoms with Crippen molar-refractivity contribution in [2.75, 3.05) is 5.32 Å². The lowest BCUT2D eigenvalue weighted by Crippen LogP contribution is -2.30. The fraction of sp³-hybridized carbons (Fsp3) is 0.261. The van der Waals surface area contributed by atoms with E-state index in [1.54, 1.807) is 0 Å². The molecule has 0 spiro atoms. The van der Waals surface area contributed by atoms with Crippen LogP contribution in [-0.2, 0) is 17.8 Å². The molecule has 0 saturated heterocycles. The van der Waals surface area contributed by atoms with E-state index in [0.717, 1.165) is 5.56 Å². The molecule has 0 aliphatic rings. The van der Waals surface area contributed by atoms with Gasteiger partial charge in [0.2, 0.25) is 5.91 Å². The van der Waals surface area contributed by atoms with E-state index in [1.165, 1.54) is 16.2 Å². The van der Waals surface area contributed by atoms with Crippen LogP contribution < -0.4 is 10.9 Å².